The van der Waals surface area contributed by atoms with Gasteiger partial charge in [0.1, 0.15) is 6.10 Å². The number of hydrogen-bond donors (Lipinski definition) is 1. The highest BCUT2D eigenvalue weighted by Crippen LogP contribution is 2.37. The van der Waals surface area contributed by atoms with Gasteiger partial charge < -0.3 is 10.1 Å². The number of rotatable bonds is 4. The molecule has 2 aromatic carbocycles. The molecule has 2 aromatic rings. The lowest BCUT2D eigenvalue weighted by Crippen LogP contribution is -2.31. The van der Waals surface area contributed by atoms with E-state index < -0.39 is 0 Å². The van der Waals surface area contributed by atoms with Crippen LogP contribution in [0.4, 0.5) is 0 Å². The quantitative estimate of drug-likeness (QED) is 0.909. The first-order chi connectivity index (χ1) is 10.3. The standard InChI is InChI=1S/C18H20ClNO/c1-2-20-17(14-7-9-15(19)10-8-14)18-16-6-4-3-5-13(16)11-12-21-18/h3-10,17-18,20H,2,11-12H2,1H3. The number of nitrogens with one attached hydrogen (secondary N) is 1. The van der Waals surface area contributed by atoms with Gasteiger partial charge in [-0.15, -0.1) is 0 Å². The molecule has 2 nitrogen and oxygen atoms in total. The summed E-state index contributed by atoms with van der Waals surface area (Å²) < 4.78 is 6.11. The van der Waals surface area contributed by atoms with Crippen molar-refractivity contribution in [2.45, 2.75) is 25.5 Å². The predicted octanol–water partition coefficient (Wildman–Crippen LogP) is 4.30. The second-order valence-electron chi connectivity index (χ2n) is 5.33. The number of benzene rings is 2. The van der Waals surface area contributed by atoms with Crippen LogP contribution >= 0.6 is 11.6 Å². The lowest BCUT2D eigenvalue weighted by Gasteiger charge is -2.33. The summed E-state index contributed by atoms with van der Waals surface area (Å²) in [5.41, 5.74) is 3.90. The average Bonchev–Trinajstić information content (AvgIpc) is 2.53. The third-order valence-corrected chi connectivity index (χ3v) is 4.24. The van der Waals surface area contributed by atoms with Crippen LogP contribution < -0.4 is 5.32 Å². The predicted molar refractivity (Wildman–Crippen MR) is 86.7 cm³/mol. The van der Waals surface area contributed by atoms with Gasteiger partial charge >= 0.3 is 0 Å². The Labute approximate surface area is 131 Å². The van der Waals surface area contributed by atoms with Gasteiger partial charge in [0.25, 0.3) is 0 Å². The van der Waals surface area contributed by atoms with Crippen molar-refractivity contribution >= 4 is 11.6 Å². The van der Waals surface area contributed by atoms with E-state index in [1.165, 1.54) is 16.7 Å². The zero-order valence-electron chi connectivity index (χ0n) is 12.2. The summed E-state index contributed by atoms with van der Waals surface area (Å²) in [6.07, 6.45) is 1.04. The Hall–Kier alpha value is -1.35. The van der Waals surface area contributed by atoms with Gasteiger partial charge in [0, 0.05) is 5.02 Å². The first-order valence-corrected chi connectivity index (χ1v) is 7.85. The van der Waals surface area contributed by atoms with Crippen molar-refractivity contribution in [1.29, 1.82) is 0 Å². The van der Waals surface area contributed by atoms with Crippen molar-refractivity contribution in [2.75, 3.05) is 13.2 Å². The molecular formula is C18H20ClNO. The van der Waals surface area contributed by atoms with E-state index in [-0.39, 0.29) is 12.1 Å². The molecule has 110 valence electrons. The fourth-order valence-corrected chi connectivity index (χ4v) is 3.12. The van der Waals surface area contributed by atoms with Gasteiger partial charge in [-0.3, -0.25) is 0 Å². The van der Waals surface area contributed by atoms with E-state index in [2.05, 4.69) is 48.6 Å². The first-order valence-electron chi connectivity index (χ1n) is 7.48. The lowest BCUT2D eigenvalue weighted by molar-refractivity contribution is 0.0151. The molecule has 3 rings (SSSR count). The monoisotopic (exact) mass is 301 g/mol. The number of likely N-dealkylation sites (N-methyl/N-ethyl adjacent to an activating group) is 1. The zero-order valence-corrected chi connectivity index (χ0v) is 12.9. The smallest absolute Gasteiger partial charge is 0.102 e. The van der Waals surface area contributed by atoms with E-state index >= 15 is 0 Å². The number of hydrogen-bond acceptors (Lipinski definition) is 2. The molecule has 0 amide bonds. The van der Waals surface area contributed by atoms with E-state index in [4.69, 9.17) is 16.3 Å². The molecule has 0 radical (unpaired) electrons. The zero-order chi connectivity index (χ0) is 14.7. The third-order valence-electron chi connectivity index (χ3n) is 3.99. The topological polar surface area (TPSA) is 21.3 Å². The molecule has 0 aliphatic carbocycles. The maximum Gasteiger partial charge on any atom is 0.102 e. The molecule has 0 saturated heterocycles. The second-order valence-corrected chi connectivity index (χ2v) is 5.76. The molecular weight excluding hydrogens is 282 g/mol. The van der Waals surface area contributed by atoms with Crippen molar-refractivity contribution in [2.24, 2.45) is 0 Å². The van der Waals surface area contributed by atoms with E-state index in [0.29, 0.717) is 0 Å². The molecule has 2 unspecified atom stereocenters. The molecule has 21 heavy (non-hydrogen) atoms. The largest absolute Gasteiger partial charge is 0.371 e. The Kier molecular flexibility index (Phi) is 4.59. The van der Waals surface area contributed by atoms with Crippen LogP contribution in [0.5, 0.6) is 0 Å². The van der Waals surface area contributed by atoms with Gasteiger partial charge in [0.2, 0.25) is 0 Å². The molecule has 0 spiro atoms. The van der Waals surface area contributed by atoms with Crippen molar-refractivity contribution < 1.29 is 4.74 Å². The van der Waals surface area contributed by atoms with Crippen LogP contribution in [-0.2, 0) is 11.2 Å². The van der Waals surface area contributed by atoms with Crippen LogP contribution in [0.2, 0.25) is 5.02 Å². The van der Waals surface area contributed by atoms with Gasteiger partial charge in [0.15, 0.2) is 0 Å². The minimum Gasteiger partial charge on any atom is -0.371 e. The van der Waals surface area contributed by atoms with E-state index in [1.807, 2.05) is 12.1 Å². The van der Waals surface area contributed by atoms with E-state index in [0.717, 1.165) is 24.6 Å². The minimum atomic E-state index is 0.0519. The maximum atomic E-state index is 6.11. The fourth-order valence-electron chi connectivity index (χ4n) is 2.99. The Morgan fingerprint density at radius 3 is 2.71 bits per heavy atom. The molecule has 0 fully saturated rings. The van der Waals surface area contributed by atoms with Crippen LogP contribution in [0.3, 0.4) is 0 Å². The molecule has 1 heterocycles. The normalized spacial score (nSPS) is 19.0. The molecule has 0 aromatic heterocycles. The summed E-state index contributed by atoms with van der Waals surface area (Å²) in [6.45, 7) is 3.80. The highest BCUT2D eigenvalue weighted by molar-refractivity contribution is 6.30. The highest BCUT2D eigenvalue weighted by Gasteiger charge is 2.29. The highest BCUT2D eigenvalue weighted by atomic mass is 35.5. The summed E-state index contributed by atoms with van der Waals surface area (Å²) in [6, 6.07) is 16.8. The molecule has 1 aliphatic rings. The summed E-state index contributed by atoms with van der Waals surface area (Å²) in [5.74, 6) is 0. The Balaban J connectivity index is 1.96. The molecule has 1 aliphatic heterocycles. The van der Waals surface area contributed by atoms with Crippen molar-refractivity contribution in [3.05, 3.63) is 70.2 Å². The van der Waals surface area contributed by atoms with E-state index in [1.54, 1.807) is 0 Å². The van der Waals surface area contributed by atoms with Crippen molar-refractivity contribution in [3.8, 4) is 0 Å². The molecule has 0 saturated carbocycles. The Morgan fingerprint density at radius 1 is 1.19 bits per heavy atom. The number of halogens is 1. The first kappa shape index (κ1) is 14.6. The number of ether oxygens (including phenoxy) is 1. The maximum absolute atomic E-state index is 6.11. The third kappa shape index (κ3) is 3.13. The van der Waals surface area contributed by atoms with Gasteiger partial charge in [-0.2, -0.15) is 0 Å². The van der Waals surface area contributed by atoms with Crippen LogP contribution in [0.15, 0.2) is 48.5 Å². The lowest BCUT2D eigenvalue weighted by atomic mass is 9.90. The second kappa shape index (κ2) is 6.61. The summed E-state index contributed by atoms with van der Waals surface area (Å²) in [5, 5.41) is 4.32. The molecule has 3 heteroatoms. The van der Waals surface area contributed by atoms with Crippen LogP contribution in [0, 0.1) is 0 Å². The van der Waals surface area contributed by atoms with Gasteiger partial charge in [-0.25, -0.2) is 0 Å². The summed E-state index contributed by atoms with van der Waals surface area (Å²) in [4.78, 5) is 0. The Bertz CT molecular complexity index is 596. The van der Waals surface area contributed by atoms with Crippen molar-refractivity contribution in [1.82, 2.24) is 5.32 Å². The minimum absolute atomic E-state index is 0.0519. The van der Waals surface area contributed by atoms with E-state index in [9.17, 15) is 0 Å². The molecule has 0 bridgehead atoms. The molecule has 1 N–H and O–H groups in total. The molecule has 2 atom stereocenters. The van der Waals surface area contributed by atoms with Gasteiger partial charge in [0.05, 0.1) is 12.6 Å². The Morgan fingerprint density at radius 2 is 1.95 bits per heavy atom. The number of fused-ring (bicyclic) bond motifs is 1. The van der Waals surface area contributed by atoms with Crippen LogP contribution in [0.1, 0.15) is 35.8 Å². The van der Waals surface area contributed by atoms with Gasteiger partial charge in [-0.05, 0) is 41.8 Å². The average molecular weight is 302 g/mol. The van der Waals surface area contributed by atoms with Crippen molar-refractivity contribution in [3.63, 3.8) is 0 Å². The van der Waals surface area contributed by atoms with Crippen LogP contribution in [0.25, 0.3) is 0 Å². The summed E-state index contributed by atoms with van der Waals surface area (Å²) in [7, 11) is 0. The SMILES string of the molecule is CCNC(c1ccc(Cl)cc1)C1OCCc2ccccc21. The van der Waals surface area contributed by atoms with Gasteiger partial charge in [-0.1, -0.05) is 54.9 Å². The summed E-state index contributed by atoms with van der Waals surface area (Å²) >= 11 is 6.01. The fraction of sp³-hybridized carbons (Fsp3) is 0.333. The van der Waals surface area contributed by atoms with Crippen LogP contribution in [-0.4, -0.2) is 13.2 Å².